The van der Waals surface area contributed by atoms with Crippen molar-refractivity contribution in [2.75, 3.05) is 27.3 Å². The standard InChI is InChI=1S/C21H24N2O5/c1-26-18-5-3-15(19(13-18)27-2)4-6-20(24)22-17-7-10-23(11-8-17)21(25)16-9-12-28-14-16/h3-6,9,12-14,17H,7-8,10-11H2,1-2H3,(H,22,24)/b6-4+. The second kappa shape index (κ2) is 9.12. The van der Waals surface area contributed by atoms with Crippen LogP contribution >= 0.6 is 0 Å². The Morgan fingerprint density at radius 2 is 1.96 bits per heavy atom. The molecule has 0 spiro atoms. The molecule has 0 unspecified atom stereocenters. The molecule has 0 aliphatic carbocycles. The van der Waals surface area contributed by atoms with E-state index in [1.807, 2.05) is 12.1 Å². The Bertz CT molecular complexity index is 836. The van der Waals surface area contributed by atoms with Crippen LogP contribution in [0.1, 0.15) is 28.8 Å². The number of amides is 2. The van der Waals surface area contributed by atoms with E-state index >= 15 is 0 Å². The number of carbonyl (C=O) groups excluding carboxylic acids is 2. The highest BCUT2D eigenvalue weighted by atomic mass is 16.5. The highest BCUT2D eigenvalue weighted by Crippen LogP contribution is 2.25. The number of nitrogens with one attached hydrogen (secondary N) is 1. The first-order chi connectivity index (χ1) is 13.6. The molecule has 7 nitrogen and oxygen atoms in total. The number of benzene rings is 1. The van der Waals surface area contributed by atoms with Crippen molar-refractivity contribution >= 4 is 17.9 Å². The van der Waals surface area contributed by atoms with Crippen molar-refractivity contribution < 1.29 is 23.5 Å². The van der Waals surface area contributed by atoms with Crippen molar-refractivity contribution in [3.63, 3.8) is 0 Å². The van der Waals surface area contributed by atoms with Gasteiger partial charge < -0.3 is 24.1 Å². The first kappa shape index (κ1) is 19.5. The fourth-order valence-electron chi connectivity index (χ4n) is 3.17. The van der Waals surface area contributed by atoms with Crippen LogP contribution in [0.25, 0.3) is 6.08 Å². The van der Waals surface area contributed by atoms with Gasteiger partial charge in [-0.1, -0.05) is 0 Å². The summed E-state index contributed by atoms with van der Waals surface area (Å²) in [6, 6.07) is 7.12. The Labute approximate surface area is 163 Å². The van der Waals surface area contributed by atoms with E-state index < -0.39 is 0 Å². The summed E-state index contributed by atoms with van der Waals surface area (Å²) in [5.74, 6) is 1.12. The van der Waals surface area contributed by atoms with Crippen LogP contribution in [-0.2, 0) is 4.79 Å². The summed E-state index contributed by atoms with van der Waals surface area (Å²) in [6.45, 7) is 1.20. The number of hydrogen-bond donors (Lipinski definition) is 1. The number of hydrogen-bond acceptors (Lipinski definition) is 5. The Balaban J connectivity index is 1.51. The molecular weight excluding hydrogens is 360 g/mol. The molecule has 148 valence electrons. The van der Waals surface area contributed by atoms with Crippen LogP contribution in [0.2, 0.25) is 0 Å². The topological polar surface area (TPSA) is 81.0 Å². The predicted molar refractivity (Wildman–Crippen MR) is 104 cm³/mol. The molecule has 0 radical (unpaired) electrons. The highest BCUT2D eigenvalue weighted by Gasteiger charge is 2.24. The van der Waals surface area contributed by atoms with Crippen LogP contribution in [0.3, 0.4) is 0 Å². The lowest BCUT2D eigenvalue weighted by molar-refractivity contribution is -0.117. The second-order valence-electron chi connectivity index (χ2n) is 6.53. The SMILES string of the molecule is COc1ccc(/C=C/C(=O)NC2CCN(C(=O)c3ccoc3)CC2)c(OC)c1. The van der Waals surface area contributed by atoms with E-state index in [4.69, 9.17) is 13.9 Å². The van der Waals surface area contributed by atoms with Gasteiger partial charge in [-0.2, -0.15) is 0 Å². The van der Waals surface area contributed by atoms with Gasteiger partial charge in [0, 0.05) is 36.8 Å². The quantitative estimate of drug-likeness (QED) is 0.775. The molecule has 1 fully saturated rings. The maximum atomic E-state index is 12.3. The lowest BCUT2D eigenvalue weighted by Gasteiger charge is -2.32. The normalized spacial score (nSPS) is 14.9. The van der Waals surface area contributed by atoms with Gasteiger partial charge in [-0.3, -0.25) is 9.59 Å². The number of carbonyl (C=O) groups is 2. The van der Waals surface area contributed by atoms with Crippen molar-refractivity contribution in [2.45, 2.75) is 18.9 Å². The summed E-state index contributed by atoms with van der Waals surface area (Å²) in [5, 5.41) is 3.00. The average Bonchev–Trinajstić information content (AvgIpc) is 3.27. The molecule has 1 aliphatic heterocycles. The number of rotatable bonds is 6. The molecular formula is C21H24N2O5. The van der Waals surface area contributed by atoms with Gasteiger partial charge in [0.25, 0.3) is 5.91 Å². The molecule has 28 heavy (non-hydrogen) atoms. The van der Waals surface area contributed by atoms with Gasteiger partial charge in [0.15, 0.2) is 0 Å². The summed E-state index contributed by atoms with van der Waals surface area (Å²) in [7, 11) is 3.16. The fraction of sp³-hybridized carbons (Fsp3) is 0.333. The maximum Gasteiger partial charge on any atom is 0.257 e. The number of methoxy groups -OCH3 is 2. The van der Waals surface area contributed by atoms with Crippen LogP contribution in [0.4, 0.5) is 0 Å². The van der Waals surface area contributed by atoms with Crippen molar-refractivity contribution in [3.8, 4) is 11.5 Å². The molecule has 7 heteroatoms. The summed E-state index contributed by atoms with van der Waals surface area (Å²) < 4.78 is 15.5. The van der Waals surface area contributed by atoms with Crippen LogP contribution in [0, 0.1) is 0 Å². The van der Waals surface area contributed by atoms with Crippen LogP contribution in [0.5, 0.6) is 11.5 Å². The molecule has 2 aromatic rings. The highest BCUT2D eigenvalue weighted by molar-refractivity contribution is 5.94. The molecule has 3 rings (SSSR count). The van der Waals surface area contributed by atoms with Crippen molar-refractivity contribution in [1.82, 2.24) is 10.2 Å². The van der Waals surface area contributed by atoms with E-state index in [9.17, 15) is 9.59 Å². The minimum absolute atomic E-state index is 0.0370. The predicted octanol–water partition coefficient (Wildman–Crippen LogP) is 2.73. The lowest BCUT2D eigenvalue weighted by Crippen LogP contribution is -2.46. The molecule has 1 aliphatic rings. The van der Waals surface area contributed by atoms with E-state index in [1.54, 1.807) is 37.3 Å². The Morgan fingerprint density at radius 3 is 2.61 bits per heavy atom. The molecule has 0 bridgehead atoms. The largest absolute Gasteiger partial charge is 0.497 e. The van der Waals surface area contributed by atoms with Crippen LogP contribution in [0.15, 0.2) is 47.3 Å². The first-order valence-electron chi connectivity index (χ1n) is 9.13. The molecule has 2 amide bonds. The second-order valence-corrected chi connectivity index (χ2v) is 6.53. The zero-order valence-corrected chi connectivity index (χ0v) is 16.0. The zero-order valence-electron chi connectivity index (χ0n) is 16.0. The van der Waals surface area contributed by atoms with E-state index in [0.717, 1.165) is 18.4 Å². The zero-order chi connectivity index (χ0) is 19.9. The third kappa shape index (κ3) is 4.73. The monoisotopic (exact) mass is 384 g/mol. The third-order valence-corrected chi connectivity index (χ3v) is 4.75. The van der Waals surface area contributed by atoms with Gasteiger partial charge in [0.2, 0.25) is 5.91 Å². The van der Waals surface area contributed by atoms with Gasteiger partial charge in [0.1, 0.15) is 17.8 Å². The minimum atomic E-state index is -0.169. The van der Waals surface area contributed by atoms with E-state index in [1.165, 1.54) is 18.6 Å². The van der Waals surface area contributed by atoms with Gasteiger partial charge in [-0.25, -0.2) is 0 Å². The molecule has 0 saturated carbocycles. The molecule has 1 saturated heterocycles. The van der Waals surface area contributed by atoms with Gasteiger partial charge >= 0.3 is 0 Å². The van der Waals surface area contributed by atoms with Gasteiger partial charge in [-0.15, -0.1) is 0 Å². The van der Waals surface area contributed by atoms with E-state index in [-0.39, 0.29) is 17.9 Å². The Morgan fingerprint density at radius 1 is 1.18 bits per heavy atom. The van der Waals surface area contributed by atoms with E-state index in [2.05, 4.69) is 5.32 Å². The van der Waals surface area contributed by atoms with E-state index in [0.29, 0.717) is 30.2 Å². The smallest absolute Gasteiger partial charge is 0.257 e. The van der Waals surface area contributed by atoms with Crippen LogP contribution in [-0.4, -0.2) is 50.1 Å². The minimum Gasteiger partial charge on any atom is -0.497 e. The lowest BCUT2D eigenvalue weighted by atomic mass is 10.0. The number of piperidine rings is 1. The summed E-state index contributed by atoms with van der Waals surface area (Å²) in [4.78, 5) is 26.3. The number of furan rings is 1. The van der Waals surface area contributed by atoms with Gasteiger partial charge in [-0.05, 0) is 37.1 Å². The first-order valence-corrected chi connectivity index (χ1v) is 9.13. The molecule has 2 heterocycles. The average molecular weight is 384 g/mol. The Hall–Kier alpha value is -3.22. The summed E-state index contributed by atoms with van der Waals surface area (Å²) >= 11 is 0. The fourth-order valence-corrected chi connectivity index (χ4v) is 3.17. The van der Waals surface area contributed by atoms with Crippen molar-refractivity contribution in [1.29, 1.82) is 0 Å². The van der Waals surface area contributed by atoms with Crippen molar-refractivity contribution in [2.24, 2.45) is 0 Å². The van der Waals surface area contributed by atoms with Gasteiger partial charge in [0.05, 0.1) is 26.0 Å². The third-order valence-electron chi connectivity index (χ3n) is 4.75. The molecule has 1 N–H and O–H groups in total. The maximum absolute atomic E-state index is 12.3. The Kier molecular flexibility index (Phi) is 6.37. The summed E-state index contributed by atoms with van der Waals surface area (Å²) in [5.41, 5.74) is 1.35. The number of ether oxygens (including phenoxy) is 2. The van der Waals surface area contributed by atoms with Crippen LogP contribution < -0.4 is 14.8 Å². The van der Waals surface area contributed by atoms with Crippen molar-refractivity contribution in [3.05, 3.63) is 54.0 Å². The molecule has 1 aromatic heterocycles. The molecule has 1 aromatic carbocycles. The number of likely N-dealkylation sites (tertiary alicyclic amines) is 1. The summed E-state index contributed by atoms with van der Waals surface area (Å²) in [6.07, 6.45) is 7.58. The molecule has 0 atom stereocenters. The number of nitrogens with zero attached hydrogens (tertiary/aromatic N) is 1.